The molecule has 1 fully saturated rings. The van der Waals surface area contributed by atoms with E-state index in [4.69, 9.17) is 4.74 Å². The van der Waals surface area contributed by atoms with Gasteiger partial charge in [0.25, 0.3) is 0 Å². The van der Waals surface area contributed by atoms with Crippen LogP contribution in [0.25, 0.3) is 10.9 Å². The minimum Gasteiger partial charge on any atom is -0.372 e. The summed E-state index contributed by atoms with van der Waals surface area (Å²) in [5.41, 5.74) is 1.94. The van der Waals surface area contributed by atoms with E-state index in [0.717, 1.165) is 33.8 Å². The Labute approximate surface area is 120 Å². The van der Waals surface area contributed by atoms with Crippen LogP contribution in [-0.2, 0) is 4.74 Å². The fourth-order valence-corrected chi connectivity index (χ4v) is 3.06. The number of aromatic nitrogens is 1. The molecule has 1 aromatic heterocycles. The maximum Gasteiger partial charge on any atom is 0.100 e. The molecule has 1 aliphatic rings. The van der Waals surface area contributed by atoms with Gasteiger partial charge in [-0.25, -0.2) is 0 Å². The Kier molecular flexibility index (Phi) is 3.50. The van der Waals surface area contributed by atoms with Crippen LogP contribution in [-0.4, -0.2) is 11.6 Å². The minimum absolute atomic E-state index is 0.0832. The summed E-state index contributed by atoms with van der Waals surface area (Å²) in [5.74, 6) is -0.0832. The van der Waals surface area contributed by atoms with E-state index < -0.39 is 0 Å². The molecule has 4 heteroatoms. The van der Waals surface area contributed by atoms with E-state index in [1.54, 1.807) is 6.20 Å². The van der Waals surface area contributed by atoms with Crippen LogP contribution in [0.5, 0.6) is 0 Å². The lowest BCUT2D eigenvalue weighted by atomic mass is 9.89. The summed E-state index contributed by atoms with van der Waals surface area (Å²) in [6, 6.07) is 10.3. The molecular formula is C15H13BrN2O. The summed E-state index contributed by atoms with van der Waals surface area (Å²) >= 11 is 3.54. The van der Waals surface area contributed by atoms with E-state index in [0.29, 0.717) is 6.61 Å². The number of halogens is 1. The van der Waals surface area contributed by atoms with Crippen molar-refractivity contribution in [2.45, 2.75) is 18.9 Å². The van der Waals surface area contributed by atoms with E-state index in [1.165, 1.54) is 0 Å². The predicted molar refractivity (Wildman–Crippen MR) is 76.5 cm³/mol. The highest BCUT2D eigenvalue weighted by atomic mass is 79.9. The maximum atomic E-state index is 9.29. The standard InChI is InChI=1S/C15H13BrN2O/c16-13-6-5-12(14-11(13)4-1-7-18-14)15-10(9-17)3-2-8-19-15/h1,4-7,10,15H,2-3,8H2. The number of rotatable bonds is 1. The van der Waals surface area contributed by atoms with E-state index in [1.807, 2.05) is 24.3 Å². The number of nitrogens with zero attached hydrogens (tertiary/aromatic N) is 2. The van der Waals surface area contributed by atoms with Gasteiger partial charge in [0.2, 0.25) is 0 Å². The number of fused-ring (bicyclic) bond motifs is 1. The van der Waals surface area contributed by atoms with E-state index in [2.05, 4.69) is 27.0 Å². The van der Waals surface area contributed by atoms with Gasteiger partial charge in [0.15, 0.2) is 0 Å². The summed E-state index contributed by atoms with van der Waals surface area (Å²) in [6.45, 7) is 0.716. The lowest BCUT2D eigenvalue weighted by molar-refractivity contribution is -0.00935. The van der Waals surface area contributed by atoms with Crippen molar-refractivity contribution in [2.75, 3.05) is 6.61 Å². The first-order valence-electron chi connectivity index (χ1n) is 6.35. The van der Waals surface area contributed by atoms with Crippen molar-refractivity contribution in [1.82, 2.24) is 4.98 Å². The fourth-order valence-electron chi connectivity index (χ4n) is 2.61. The summed E-state index contributed by atoms with van der Waals surface area (Å²) < 4.78 is 6.85. The van der Waals surface area contributed by atoms with Gasteiger partial charge in [-0.3, -0.25) is 4.98 Å². The lowest BCUT2D eigenvalue weighted by Crippen LogP contribution is -2.21. The first-order chi connectivity index (χ1) is 9.31. The molecule has 1 aliphatic heterocycles. The normalized spacial score (nSPS) is 23.2. The van der Waals surface area contributed by atoms with Gasteiger partial charge in [-0.05, 0) is 25.0 Å². The molecule has 1 saturated heterocycles. The summed E-state index contributed by atoms with van der Waals surface area (Å²) in [7, 11) is 0. The zero-order valence-electron chi connectivity index (χ0n) is 10.3. The number of benzene rings is 1. The topological polar surface area (TPSA) is 45.9 Å². The third kappa shape index (κ3) is 2.24. The summed E-state index contributed by atoms with van der Waals surface area (Å²) in [4.78, 5) is 4.47. The predicted octanol–water partition coefficient (Wildman–Crippen LogP) is 3.99. The molecule has 0 N–H and O–H groups in total. The molecule has 2 aromatic rings. The molecule has 96 valence electrons. The average Bonchev–Trinajstić information content (AvgIpc) is 2.48. The van der Waals surface area contributed by atoms with Crippen molar-refractivity contribution in [3.63, 3.8) is 0 Å². The molecule has 0 aliphatic carbocycles. The molecule has 0 bridgehead atoms. The zero-order chi connectivity index (χ0) is 13.2. The number of pyridine rings is 1. The Balaban J connectivity index is 2.15. The first kappa shape index (κ1) is 12.6. The molecule has 2 atom stereocenters. The van der Waals surface area contributed by atoms with Crippen molar-refractivity contribution in [3.8, 4) is 6.07 Å². The van der Waals surface area contributed by atoms with Crippen LogP contribution < -0.4 is 0 Å². The Morgan fingerprint density at radius 2 is 2.26 bits per heavy atom. The second kappa shape index (κ2) is 5.28. The molecule has 3 nitrogen and oxygen atoms in total. The second-order valence-electron chi connectivity index (χ2n) is 4.71. The lowest BCUT2D eigenvalue weighted by Gasteiger charge is -2.28. The van der Waals surface area contributed by atoms with Crippen LogP contribution in [0.4, 0.5) is 0 Å². The molecule has 1 aromatic carbocycles. The van der Waals surface area contributed by atoms with Crippen LogP contribution in [0.3, 0.4) is 0 Å². The molecule has 0 spiro atoms. The van der Waals surface area contributed by atoms with Gasteiger partial charge in [0.05, 0.1) is 17.5 Å². The largest absolute Gasteiger partial charge is 0.372 e. The smallest absolute Gasteiger partial charge is 0.100 e. The molecular weight excluding hydrogens is 304 g/mol. The highest BCUT2D eigenvalue weighted by Gasteiger charge is 2.29. The van der Waals surface area contributed by atoms with Gasteiger partial charge in [-0.2, -0.15) is 5.26 Å². The molecule has 2 heterocycles. The Hall–Kier alpha value is -1.44. The molecule has 19 heavy (non-hydrogen) atoms. The van der Waals surface area contributed by atoms with E-state index in [-0.39, 0.29) is 12.0 Å². The van der Waals surface area contributed by atoms with Gasteiger partial charge in [-0.15, -0.1) is 0 Å². The number of ether oxygens (including phenoxy) is 1. The highest BCUT2D eigenvalue weighted by Crippen LogP contribution is 2.37. The fraction of sp³-hybridized carbons (Fsp3) is 0.333. The molecule has 2 unspecified atom stereocenters. The Morgan fingerprint density at radius 3 is 3.11 bits per heavy atom. The molecule has 3 rings (SSSR count). The average molecular weight is 317 g/mol. The maximum absolute atomic E-state index is 9.29. The van der Waals surface area contributed by atoms with E-state index >= 15 is 0 Å². The van der Waals surface area contributed by atoms with Crippen LogP contribution in [0.15, 0.2) is 34.9 Å². The van der Waals surface area contributed by atoms with Gasteiger partial charge in [0, 0.05) is 28.2 Å². The van der Waals surface area contributed by atoms with Crippen LogP contribution in [0.2, 0.25) is 0 Å². The van der Waals surface area contributed by atoms with Gasteiger partial charge in [-0.1, -0.05) is 28.1 Å². The SMILES string of the molecule is N#CC1CCCOC1c1ccc(Br)c2cccnc12. The first-order valence-corrected chi connectivity index (χ1v) is 7.15. The third-order valence-electron chi connectivity index (χ3n) is 3.54. The van der Waals surface area contributed by atoms with Crippen LogP contribution in [0.1, 0.15) is 24.5 Å². The summed E-state index contributed by atoms with van der Waals surface area (Å²) in [6.07, 6.45) is 3.47. The third-order valence-corrected chi connectivity index (χ3v) is 4.23. The number of hydrogen-bond donors (Lipinski definition) is 0. The Morgan fingerprint density at radius 1 is 1.37 bits per heavy atom. The van der Waals surface area contributed by atoms with Crippen molar-refractivity contribution >= 4 is 26.8 Å². The number of hydrogen-bond acceptors (Lipinski definition) is 3. The Bertz CT molecular complexity index is 650. The van der Waals surface area contributed by atoms with Gasteiger partial charge in [0.1, 0.15) is 6.10 Å². The second-order valence-corrected chi connectivity index (χ2v) is 5.56. The molecule has 0 amide bonds. The molecule has 0 radical (unpaired) electrons. The van der Waals surface area contributed by atoms with E-state index in [9.17, 15) is 5.26 Å². The van der Waals surface area contributed by atoms with Crippen molar-refractivity contribution < 1.29 is 4.74 Å². The minimum atomic E-state index is -0.163. The zero-order valence-corrected chi connectivity index (χ0v) is 11.9. The summed E-state index contributed by atoms with van der Waals surface area (Å²) in [5, 5.41) is 10.4. The highest BCUT2D eigenvalue weighted by molar-refractivity contribution is 9.10. The van der Waals surface area contributed by atoms with Crippen molar-refractivity contribution in [1.29, 1.82) is 5.26 Å². The van der Waals surface area contributed by atoms with Crippen molar-refractivity contribution in [3.05, 3.63) is 40.5 Å². The monoisotopic (exact) mass is 316 g/mol. The number of nitriles is 1. The van der Waals surface area contributed by atoms with Crippen molar-refractivity contribution in [2.24, 2.45) is 5.92 Å². The van der Waals surface area contributed by atoms with Gasteiger partial charge < -0.3 is 4.74 Å². The van der Waals surface area contributed by atoms with Gasteiger partial charge >= 0.3 is 0 Å². The van der Waals surface area contributed by atoms with Crippen LogP contribution in [0, 0.1) is 17.2 Å². The quantitative estimate of drug-likeness (QED) is 0.799. The molecule has 0 saturated carbocycles. The van der Waals surface area contributed by atoms with Crippen LogP contribution >= 0.6 is 15.9 Å².